The minimum atomic E-state index is 0.993. The van der Waals surface area contributed by atoms with Crippen molar-refractivity contribution in [3.8, 4) is 0 Å². The molecular weight excluding hydrogens is 232 g/mol. The maximum absolute atomic E-state index is 4.16. The summed E-state index contributed by atoms with van der Waals surface area (Å²) in [5.74, 6) is 0. The maximum Gasteiger partial charge on any atom is 0.0343 e. The Morgan fingerprint density at radius 2 is 1.84 bits per heavy atom. The molecule has 2 rings (SSSR count). The zero-order valence-corrected chi connectivity index (χ0v) is 12.1. The molecule has 0 aromatic heterocycles. The largest absolute Gasteiger partial charge is 0.384 e. The first-order chi connectivity index (χ1) is 9.27. The lowest BCUT2D eigenvalue weighted by atomic mass is 10.1. The third-order valence-corrected chi connectivity index (χ3v) is 3.94. The number of aryl methyl sites for hydroxylation is 1. The molecule has 0 bridgehead atoms. The summed E-state index contributed by atoms with van der Waals surface area (Å²) < 4.78 is 0. The van der Waals surface area contributed by atoms with Gasteiger partial charge in [0.15, 0.2) is 0 Å². The van der Waals surface area contributed by atoms with Crippen LogP contribution in [0.25, 0.3) is 5.70 Å². The van der Waals surface area contributed by atoms with E-state index in [9.17, 15) is 0 Å². The topological polar surface area (TPSA) is 15.3 Å². The Morgan fingerprint density at radius 1 is 1.16 bits per heavy atom. The van der Waals surface area contributed by atoms with E-state index in [0.717, 1.165) is 18.8 Å². The summed E-state index contributed by atoms with van der Waals surface area (Å²) in [5.41, 5.74) is 3.57. The first-order valence-corrected chi connectivity index (χ1v) is 7.48. The lowest BCUT2D eigenvalue weighted by molar-refractivity contribution is 0.289. The van der Waals surface area contributed by atoms with Crippen molar-refractivity contribution in [3.63, 3.8) is 0 Å². The van der Waals surface area contributed by atoms with Gasteiger partial charge >= 0.3 is 0 Å². The van der Waals surface area contributed by atoms with Crippen molar-refractivity contribution in [2.45, 2.75) is 32.6 Å². The van der Waals surface area contributed by atoms with E-state index < -0.39 is 0 Å². The van der Waals surface area contributed by atoms with E-state index in [-0.39, 0.29) is 0 Å². The fourth-order valence-corrected chi connectivity index (χ4v) is 2.73. The molecule has 0 radical (unpaired) electrons. The third kappa shape index (κ3) is 4.39. The van der Waals surface area contributed by atoms with E-state index in [4.69, 9.17) is 0 Å². The molecule has 0 amide bonds. The van der Waals surface area contributed by atoms with Gasteiger partial charge in [0.1, 0.15) is 0 Å². The van der Waals surface area contributed by atoms with Crippen molar-refractivity contribution >= 4 is 5.70 Å². The first-order valence-electron chi connectivity index (χ1n) is 7.48. The quantitative estimate of drug-likeness (QED) is 0.870. The molecule has 0 spiro atoms. The fraction of sp³-hybridized carbons (Fsp3) is 0.529. The average Bonchev–Trinajstić information content (AvgIpc) is 2.68. The van der Waals surface area contributed by atoms with Crippen molar-refractivity contribution in [1.29, 1.82) is 0 Å². The number of likely N-dealkylation sites (tertiary alicyclic amines) is 1. The van der Waals surface area contributed by atoms with Crippen molar-refractivity contribution < 1.29 is 0 Å². The van der Waals surface area contributed by atoms with Crippen LogP contribution in [0.3, 0.4) is 0 Å². The molecule has 0 saturated carbocycles. The van der Waals surface area contributed by atoms with Crippen LogP contribution in [0.5, 0.6) is 0 Å². The van der Waals surface area contributed by atoms with Gasteiger partial charge < -0.3 is 10.2 Å². The van der Waals surface area contributed by atoms with Crippen molar-refractivity contribution in [2.24, 2.45) is 0 Å². The number of rotatable bonds is 5. The van der Waals surface area contributed by atoms with E-state index in [1.165, 1.54) is 49.9 Å². The Balaban J connectivity index is 1.76. The van der Waals surface area contributed by atoms with Crippen molar-refractivity contribution in [1.82, 2.24) is 10.2 Å². The summed E-state index contributed by atoms with van der Waals surface area (Å²) in [6, 6.07) is 8.42. The molecule has 104 valence electrons. The smallest absolute Gasteiger partial charge is 0.0343 e. The predicted molar refractivity (Wildman–Crippen MR) is 83.1 cm³/mol. The van der Waals surface area contributed by atoms with Gasteiger partial charge in [-0.15, -0.1) is 0 Å². The van der Waals surface area contributed by atoms with Gasteiger partial charge in [-0.2, -0.15) is 0 Å². The Bertz CT molecular complexity index is 403. The zero-order chi connectivity index (χ0) is 13.5. The normalized spacial score (nSPS) is 16.9. The molecular formula is C17H26N2. The fourth-order valence-electron chi connectivity index (χ4n) is 2.73. The number of nitrogens with zero attached hydrogens (tertiary/aromatic N) is 1. The minimum absolute atomic E-state index is 0.993. The van der Waals surface area contributed by atoms with Crippen LogP contribution >= 0.6 is 0 Å². The molecule has 2 nitrogen and oxygen atoms in total. The number of hydrogen-bond donors (Lipinski definition) is 1. The van der Waals surface area contributed by atoms with Gasteiger partial charge in [0.2, 0.25) is 0 Å². The molecule has 1 aromatic carbocycles. The molecule has 1 fully saturated rings. The highest BCUT2D eigenvalue weighted by Gasteiger charge is 2.08. The molecule has 1 heterocycles. The molecule has 0 unspecified atom stereocenters. The second kappa shape index (κ2) is 7.34. The highest BCUT2D eigenvalue weighted by atomic mass is 15.1. The van der Waals surface area contributed by atoms with Gasteiger partial charge in [-0.1, -0.05) is 43.7 Å². The lowest BCUT2D eigenvalue weighted by Gasteiger charge is -2.21. The summed E-state index contributed by atoms with van der Waals surface area (Å²) in [4.78, 5) is 2.57. The lowest BCUT2D eigenvalue weighted by Crippen LogP contribution is -2.32. The second-order valence-electron chi connectivity index (χ2n) is 5.48. The standard InChI is InChI=1S/C17H26N2/c1-15-9-5-6-10-17(15)16(2)18-11-14-19-12-7-3-4-8-13-19/h5-6,9-10,18H,2-4,7-8,11-14H2,1H3. The van der Waals surface area contributed by atoms with Gasteiger partial charge in [0.25, 0.3) is 0 Å². The zero-order valence-electron chi connectivity index (χ0n) is 12.1. The maximum atomic E-state index is 4.16. The average molecular weight is 258 g/mol. The van der Waals surface area contributed by atoms with E-state index in [2.05, 4.69) is 48.0 Å². The molecule has 0 aliphatic carbocycles. The summed E-state index contributed by atoms with van der Waals surface area (Å²) in [5, 5.41) is 3.47. The van der Waals surface area contributed by atoms with E-state index >= 15 is 0 Å². The summed E-state index contributed by atoms with van der Waals surface area (Å²) in [6.45, 7) is 10.9. The van der Waals surface area contributed by atoms with Crippen LogP contribution in [0.4, 0.5) is 0 Å². The summed E-state index contributed by atoms with van der Waals surface area (Å²) in [7, 11) is 0. The number of benzene rings is 1. The molecule has 1 N–H and O–H groups in total. The second-order valence-corrected chi connectivity index (χ2v) is 5.48. The van der Waals surface area contributed by atoms with Crippen LogP contribution in [-0.4, -0.2) is 31.1 Å². The first kappa shape index (κ1) is 14.1. The molecule has 1 aliphatic heterocycles. The Labute approximate surface area is 117 Å². The van der Waals surface area contributed by atoms with Crippen LogP contribution in [0, 0.1) is 6.92 Å². The van der Waals surface area contributed by atoms with E-state index in [0.29, 0.717) is 0 Å². The Hall–Kier alpha value is -1.28. The molecule has 0 atom stereocenters. The summed E-state index contributed by atoms with van der Waals surface area (Å²) >= 11 is 0. The van der Waals surface area contributed by atoms with E-state index in [1.54, 1.807) is 0 Å². The van der Waals surface area contributed by atoms with Gasteiger partial charge in [0.05, 0.1) is 0 Å². The van der Waals surface area contributed by atoms with Gasteiger partial charge in [-0.3, -0.25) is 0 Å². The van der Waals surface area contributed by atoms with Gasteiger partial charge in [-0.05, 0) is 44.0 Å². The molecule has 1 saturated heterocycles. The third-order valence-electron chi connectivity index (χ3n) is 3.94. The van der Waals surface area contributed by atoms with Crippen LogP contribution < -0.4 is 5.32 Å². The SMILES string of the molecule is C=C(NCCN1CCCCCC1)c1ccccc1C. The predicted octanol–water partition coefficient (Wildman–Crippen LogP) is 3.43. The van der Waals surface area contributed by atoms with Crippen LogP contribution in [-0.2, 0) is 0 Å². The Morgan fingerprint density at radius 3 is 2.53 bits per heavy atom. The van der Waals surface area contributed by atoms with Crippen LogP contribution in [0.2, 0.25) is 0 Å². The molecule has 1 aromatic rings. The van der Waals surface area contributed by atoms with Crippen molar-refractivity contribution in [2.75, 3.05) is 26.2 Å². The van der Waals surface area contributed by atoms with Gasteiger partial charge in [0, 0.05) is 18.8 Å². The monoisotopic (exact) mass is 258 g/mol. The number of nitrogens with one attached hydrogen (secondary N) is 1. The van der Waals surface area contributed by atoms with Crippen LogP contribution in [0.1, 0.15) is 36.8 Å². The summed E-state index contributed by atoms with van der Waals surface area (Å²) in [6.07, 6.45) is 5.52. The molecule has 2 heteroatoms. The molecule has 1 aliphatic rings. The number of hydrogen-bond acceptors (Lipinski definition) is 2. The Kier molecular flexibility index (Phi) is 5.46. The minimum Gasteiger partial charge on any atom is -0.384 e. The highest BCUT2D eigenvalue weighted by molar-refractivity contribution is 5.64. The molecule has 19 heavy (non-hydrogen) atoms. The van der Waals surface area contributed by atoms with Crippen LogP contribution in [0.15, 0.2) is 30.8 Å². The van der Waals surface area contributed by atoms with Crippen molar-refractivity contribution in [3.05, 3.63) is 42.0 Å². The van der Waals surface area contributed by atoms with E-state index in [1.807, 2.05) is 0 Å². The van der Waals surface area contributed by atoms with Gasteiger partial charge in [-0.25, -0.2) is 0 Å². The highest BCUT2D eigenvalue weighted by Crippen LogP contribution is 2.14.